The first-order valence-corrected chi connectivity index (χ1v) is 5.87. The summed E-state index contributed by atoms with van der Waals surface area (Å²) in [7, 11) is 0. The molecule has 1 aromatic heterocycles. The lowest BCUT2D eigenvalue weighted by atomic mass is 9.93. The molecule has 5 nitrogen and oxygen atoms in total. The van der Waals surface area contributed by atoms with Gasteiger partial charge in [0.15, 0.2) is 0 Å². The number of fused-ring (bicyclic) bond motifs is 1. The van der Waals surface area contributed by atoms with Gasteiger partial charge in [0.1, 0.15) is 5.82 Å². The SMILES string of the molecule is CC(C)(C)c1cn2c(n1)CN(CC(=O)O)CC2. The van der Waals surface area contributed by atoms with Crippen molar-refractivity contribution in [2.24, 2.45) is 0 Å². The summed E-state index contributed by atoms with van der Waals surface area (Å²) < 4.78 is 2.14. The molecule has 0 fully saturated rings. The van der Waals surface area contributed by atoms with E-state index in [-0.39, 0.29) is 12.0 Å². The lowest BCUT2D eigenvalue weighted by molar-refractivity contribution is -0.138. The third kappa shape index (κ3) is 2.66. The maximum Gasteiger partial charge on any atom is 0.317 e. The van der Waals surface area contributed by atoms with E-state index in [1.54, 1.807) is 0 Å². The fraction of sp³-hybridized carbons (Fsp3) is 0.667. The minimum absolute atomic E-state index is 0.0436. The van der Waals surface area contributed by atoms with E-state index >= 15 is 0 Å². The van der Waals surface area contributed by atoms with Gasteiger partial charge in [0.25, 0.3) is 0 Å². The number of hydrogen-bond acceptors (Lipinski definition) is 3. The van der Waals surface area contributed by atoms with Crippen LogP contribution in [0.1, 0.15) is 32.3 Å². The highest BCUT2D eigenvalue weighted by Crippen LogP contribution is 2.23. The van der Waals surface area contributed by atoms with Crippen LogP contribution >= 0.6 is 0 Å². The van der Waals surface area contributed by atoms with Crippen LogP contribution in [-0.2, 0) is 23.3 Å². The van der Waals surface area contributed by atoms with Gasteiger partial charge in [-0.05, 0) is 0 Å². The van der Waals surface area contributed by atoms with E-state index in [2.05, 4.69) is 36.5 Å². The summed E-state index contributed by atoms with van der Waals surface area (Å²) >= 11 is 0. The fourth-order valence-corrected chi connectivity index (χ4v) is 1.99. The maximum atomic E-state index is 10.7. The monoisotopic (exact) mass is 237 g/mol. The van der Waals surface area contributed by atoms with Gasteiger partial charge >= 0.3 is 5.97 Å². The van der Waals surface area contributed by atoms with Crippen molar-refractivity contribution in [2.75, 3.05) is 13.1 Å². The first-order valence-electron chi connectivity index (χ1n) is 5.87. The molecule has 0 radical (unpaired) electrons. The van der Waals surface area contributed by atoms with E-state index in [0.717, 1.165) is 24.6 Å². The van der Waals surface area contributed by atoms with E-state index < -0.39 is 5.97 Å². The standard InChI is InChI=1S/C12H19N3O2/c1-12(2,3)9-6-15-5-4-14(8-11(16)17)7-10(15)13-9/h6H,4-5,7-8H2,1-3H3,(H,16,17). The molecule has 2 rings (SSSR count). The Hall–Kier alpha value is -1.36. The largest absolute Gasteiger partial charge is 0.480 e. The quantitative estimate of drug-likeness (QED) is 0.836. The van der Waals surface area contributed by atoms with Crippen molar-refractivity contribution in [3.63, 3.8) is 0 Å². The second-order valence-corrected chi connectivity index (χ2v) is 5.59. The van der Waals surface area contributed by atoms with Gasteiger partial charge in [-0.2, -0.15) is 0 Å². The highest BCUT2D eigenvalue weighted by molar-refractivity contribution is 5.69. The number of carboxylic acid groups (broad SMARTS) is 1. The van der Waals surface area contributed by atoms with Crippen LogP contribution in [0.15, 0.2) is 6.20 Å². The molecule has 0 bridgehead atoms. The van der Waals surface area contributed by atoms with E-state index in [1.807, 2.05) is 4.90 Å². The number of rotatable bonds is 2. The van der Waals surface area contributed by atoms with Crippen LogP contribution in [0, 0.1) is 0 Å². The number of aromatic nitrogens is 2. The molecule has 0 aliphatic carbocycles. The molecular formula is C12H19N3O2. The van der Waals surface area contributed by atoms with Gasteiger partial charge in [-0.3, -0.25) is 9.69 Å². The molecule has 0 spiro atoms. The van der Waals surface area contributed by atoms with E-state index in [1.165, 1.54) is 0 Å². The second kappa shape index (κ2) is 4.14. The van der Waals surface area contributed by atoms with Crippen LogP contribution in [0.25, 0.3) is 0 Å². The number of carboxylic acids is 1. The molecule has 0 saturated heterocycles. The van der Waals surface area contributed by atoms with Crippen molar-refractivity contribution < 1.29 is 9.90 Å². The van der Waals surface area contributed by atoms with Crippen molar-refractivity contribution in [1.29, 1.82) is 0 Å². The van der Waals surface area contributed by atoms with Crippen molar-refractivity contribution in [3.8, 4) is 0 Å². The van der Waals surface area contributed by atoms with Gasteiger partial charge in [0, 0.05) is 24.7 Å². The van der Waals surface area contributed by atoms with Crippen LogP contribution in [0.4, 0.5) is 0 Å². The number of hydrogen-bond donors (Lipinski definition) is 1. The van der Waals surface area contributed by atoms with Gasteiger partial charge in [-0.25, -0.2) is 4.98 Å². The Morgan fingerprint density at radius 2 is 2.18 bits per heavy atom. The molecule has 1 N–H and O–H groups in total. The summed E-state index contributed by atoms with van der Waals surface area (Å²) in [5, 5.41) is 8.78. The summed E-state index contributed by atoms with van der Waals surface area (Å²) in [6, 6.07) is 0. The molecule has 1 aliphatic rings. The van der Waals surface area contributed by atoms with E-state index in [0.29, 0.717) is 6.54 Å². The predicted octanol–water partition coefficient (Wildman–Crippen LogP) is 1.08. The van der Waals surface area contributed by atoms with Crippen molar-refractivity contribution in [2.45, 2.75) is 39.3 Å². The van der Waals surface area contributed by atoms with E-state index in [4.69, 9.17) is 5.11 Å². The zero-order valence-electron chi connectivity index (χ0n) is 10.6. The lowest BCUT2D eigenvalue weighted by Gasteiger charge is -2.25. The summed E-state index contributed by atoms with van der Waals surface area (Å²) in [4.78, 5) is 17.2. The Morgan fingerprint density at radius 1 is 1.47 bits per heavy atom. The molecule has 94 valence electrons. The van der Waals surface area contributed by atoms with Crippen LogP contribution in [0.5, 0.6) is 0 Å². The molecule has 0 atom stereocenters. The molecule has 17 heavy (non-hydrogen) atoms. The van der Waals surface area contributed by atoms with E-state index in [9.17, 15) is 4.79 Å². The Kier molecular flexibility index (Phi) is 2.95. The van der Waals surface area contributed by atoms with Crippen LogP contribution in [0.2, 0.25) is 0 Å². The smallest absolute Gasteiger partial charge is 0.317 e. The van der Waals surface area contributed by atoms with Crippen molar-refractivity contribution in [1.82, 2.24) is 14.5 Å². The topological polar surface area (TPSA) is 58.4 Å². The second-order valence-electron chi connectivity index (χ2n) is 5.59. The number of nitrogens with zero attached hydrogens (tertiary/aromatic N) is 3. The molecule has 0 amide bonds. The predicted molar refractivity (Wildman–Crippen MR) is 63.8 cm³/mol. The average Bonchev–Trinajstić information content (AvgIpc) is 2.58. The van der Waals surface area contributed by atoms with Crippen LogP contribution in [0.3, 0.4) is 0 Å². The number of imidazole rings is 1. The number of aliphatic carboxylic acids is 1. The van der Waals surface area contributed by atoms with Gasteiger partial charge in [0.2, 0.25) is 0 Å². The molecule has 2 heterocycles. The van der Waals surface area contributed by atoms with Crippen LogP contribution in [-0.4, -0.2) is 38.6 Å². The van der Waals surface area contributed by atoms with Crippen molar-refractivity contribution >= 4 is 5.97 Å². The summed E-state index contributed by atoms with van der Waals surface area (Å²) in [5.74, 6) is 0.198. The average molecular weight is 237 g/mol. The maximum absolute atomic E-state index is 10.7. The number of carbonyl (C=O) groups is 1. The summed E-state index contributed by atoms with van der Waals surface area (Å²) in [6.45, 7) is 8.73. The third-order valence-electron chi connectivity index (χ3n) is 3.01. The highest BCUT2D eigenvalue weighted by atomic mass is 16.4. The summed E-state index contributed by atoms with van der Waals surface area (Å²) in [6.07, 6.45) is 2.09. The minimum atomic E-state index is -0.777. The van der Waals surface area contributed by atoms with Gasteiger partial charge in [0.05, 0.1) is 18.8 Å². The highest BCUT2D eigenvalue weighted by Gasteiger charge is 2.24. The lowest BCUT2D eigenvalue weighted by Crippen LogP contribution is -2.37. The Morgan fingerprint density at radius 3 is 2.76 bits per heavy atom. The Bertz CT molecular complexity index is 431. The molecule has 5 heteroatoms. The molecule has 1 aliphatic heterocycles. The fourth-order valence-electron chi connectivity index (χ4n) is 1.99. The molecule has 0 unspecified atom stereocenters. The van der Waals surface area contributed by atoms with Gasteiger partial charge in [-0.1, -0.05) is 20.8 Å². The van der Waals surface area contributed by atoms with Crippen LogP contribution < -0.4 is 0 Å². The minimum Gasteiger partial charge on any atom is -0.480 e. The Balaban J connectivity index is 2.16. The molecule has 0 saturated carbocycles. The molecular weight excluding hydrogens is 218 g/mol. The summed E-state index contributed by atoms with van der Waals surface area (Å²) in [5.41, 5.74) is 1.12. The molecule has 1 aromatic rings. The van der Waals surface area contributed by atoms with Gasteiger partial charge < -0.3 is 9.67 Å². The third-order valence-corrected chi connectivity index (χ3v) is 3.01. The van der Waals surface area contributed by atoms with Crippen molar-refractivity contribution in [3.05, 3.63) is 17.7 Å². The first-order chi connectivity index (χ1) is 7.86. The first kappa shape index (κ1) is 12.1. The van der Waals surface area contributed by atoms with Gasteiger partial charge in [-0.15, -0.1) is 0 Å². The zero-order chi connectivity index (χ0) is 12.6. The zero-order valence-corrected chi connectivity index (χ0v) is 10.6. The molecule has 0 aromatic carbocycles. The Labute approximate surface area is 101 Å². The normalized spacial score (nSPS) is 16.9.